The number of nitrogens with one attached hydrogen (secondary N) is 1. The van der Waals surface area contributed by atoms with Gasteiger partial charge in [0.05, 0.1) is 6.04 Å². The van der Waals surface area contributed by atoms with Gasteiger partial charge in [-0.05, 0) is 60.4 Å². The lowest BCUT2D eigenvalue weighted by Gasteiger charge is -2.38. The molecule has 1 N–H and O–H groups in total. The van der Waals surface area contributed by atoms with E-state index in [1.165, 1.54) is 5.56 Å². The van der Waals surface area contributed by atoms with Gasteiger partial charge in [-0.2, -0.15) is 0 Å². The van der Waals surface area contributed by atoms with E-state index in [9.17, 15) is 0 Å². The number of ether oxygens (including phenoxy) is 1. The molecule has 0 amide bonds. The van der Waals surface area contributed by atoms with Gasteiger partial charge in [-0.3, -0.25) is 0 Å². The second-order valence-electron chi connectivity index (χ2n) is 7.28. The van der Waals surface area contributed by atoms with Crippen molar-refractivity contribution in [3.8, 4) is 11.5 Å². The summed E-state index contributed by atoms with van der Waals surface area (Å²) in [6, 6.07) is 21.9. The fourth-order valence-electron chi connectivity index (χ4n) is 4.35. The standard InChI is InChI=1S/C24H19Cl2NO/c25-20-10-5-11-21(26)23(20)24-18-9-4-8-17(18)19-14-16(12-13-22(19)27-24)28-15-6-2-1-3-7-15/h1-8,10-14,17-18,24,27H,9H2. The van der Waals surface area contributed by atoms with E-state index in [-0.39, 0.29) is 6.04 Å². The van der Waals surface area contributed by atoms with Crippen molar-refractivity contribution < 1.29 is 4.74 Å². The molecule has 0 bridgehead atoms. The third-order valence-electron chi connectivity index (χ3n) is 5.62. The van der Waals surface area contributed by atoms with Gasteiger partial charge >= 0.3 is 0 Å². The Morgan fingerprint density at radius 3 is 2.43 bits per heavy atom. The van der Waals surface area contributed by atoms with Crippen LogP contribution in [-0.4, -0.2) is 0 Å². The van der Waals surface area contributed by atoms with Crippen LogP contribution in [0.15, 0.2) is 78.9 Å². The van der Waals surface area contributed by atoms with Gasteiger partial charge in [-0.1, -0.05) is 59.6 Å². The van der Waals surface area contributed by atoms with Crippen molar-refractivity contribution in [3.63, 3.8) is 0 Å². The van der Waals surface area contributed by atoms with E-state index >= 15 is 0 Å². The van der Waals surface area contributed by atoms with Crippen LogP contribution in [0.4, 0.5) is 5.69 Å². The van der Waals surface area contributed by atoms with Crippen molar-refractivity contribution in [1.29, 1.82) is 0 Å². The molecule has 0 spiro atoms. The molecule has 2 nitrogen and oxygen atoms in total. The first-order valence-corrected chi connectivity index (χ1v) is 10.2. The van der Waals surface area contributed by atoms with E-state index in [0.717, 1.165) is 29.2 Å². The van der Waals surface area contributed by atoms with Crippen molar-refractivity contribution in [3.05, 3.63) is 100 Å². The van der Waals surface area contributed by atoms with Gasteiger partial charge in [0.1, 0.15) is 11.5 Å². The monoisotopic (exact) mass is 407 g/mol. The molecule has 4 heteroatoms. The highest BCUT2D eigenvalue weighted by atomic mass is 35.5. The molecule has 0 saturated carbocycles. The van der Waals surface area contributed by atoms with Crippen LogP contribution in [0.5, 0.6) is 11.5 Å². The molecule has 1 heterocycles. The van der Waals surface area contributed by atoms with Gasteiger partial charge in [-0.25, -0.2) is 0 Å². The van der Waals surface area contributed by atoms with Crippen molar-refractivity contribution in [1.82, 2.24) is 0 Å². The Bertz CT molecular complexity index is 1030. The Labute approximate surface area is 174 Å². The zero-order valence-electron chi connectivity index (χ0n) is 15.1. The molecule has 0 saturated heterocycles. The number of fused-ring (bicyclic) bond motifs is 3. The number of hydrogen-bond donors (Lipinski definition) is 1. The van der Waals surface area contributed by atoms with E-state index in [1.54, 1.807) is 0 Å². The van der Waals surface area contributed by atoms with Gasteiger partial charge < -0.3 is 10.1 Å². The SMILES string of the molecule is Clc1cccc(Cl)c1C1Nc2ccc(Oc3ccccc3)cc2C2C=CCC21. The number of hydrogen-bond acceptors (Lipinski definition) is 2. The summed E-state index contributed by atoms with van der Waals surface area (Å²) < 4.78 is 6.05. The van der Waals surface area contributed by atoms with Gasteiger partial charge in [-0.15, -0.1) is 0 Å². The van der Waals surface area contributed by atoms with Crippen molar-refractivity contribution in [2.24, 2.45) is 5.92 Å². The predicted octanol–water partition coefficient (Wildman–Crippen LogP) is 7.61. The Morgan fingerprint density at radius 1 is 0.857 bits per heavy atom. The highest BCUT2D eigenvalue weighted by Gasteiger charge is 2.39. The summed E-state index contributed by atoms with van der Waals surface area (Å²) in [6.07, 6.45) is 5.55. The Kier molecular flexibility index (Phi) is 4.54. The molecule has 28 heavy (non-hydrogen) atoms. The zero-order valence-corrected chi connectivity index (χ0v) is 16.6. The van der Waals surface area contributed by atoms with Crippen LogP contribution in [0.25, 0.3) is 0 Å². The molecule has 1 aliphatic heterocycles. The summed E-state index contributed by atoms with van der Waals surface area (Å²) in [5.41, 5.74) is 3.35. The van der Waals surface area contributed by atoms with Crippen LogP contribution >= 0.6 is 23.2 Å². The molecule has 3 aromatic rings. The van der Waals surface area contributed by atoms with Crippen molar-refractivity contribution >= 4 is 28.9 Å². The molecular weight excluding hydrogens is 389 g/mol. The van der Waals surface area contributed by atoms with Crippen LogP contribution in [0.2, 0.25) is 10.0 Å². The molecule has 3 unspecified atom stereocenters. The van der Waals surface area contributed by atoms with Gasteiger partial charge in [0, 0.05) is 27.2 Å². The second-order valence-corrected chi connectivity index (χ2v) is 8.09. The molecular formula is C24H19Cl2NO. The maximum atomic E-state index is 6.53. The fourth-order valence-corrected chi connectivity index (χ4v) is 4.99. The Hall–Kier alpha value is -2.42. The first-order chi connectivity index (χ1) is 13.7. The minimum atomic E-state index is 0.0783. The summed E-state index contributed by atoms with van der Waals surface area (Å²) in [5.74, 6) is 2.37. The number of halogens is 2. The van der Waals surface area contributed by atoms with E-state index in [4.69, 9.17) is 27.9 Å². The van der Waals surface area contributed by atoms with E-state index < -0.39 is 0 Å². The number of allylic oxidation sites excluding steroid dienone is 2. The molecule has 0 radical (unpaired) electrons. The molecule has 2 aliphatic rings. The summed E-state index contributed by atoms with van der Waals surface area (Å²) in [6.45, 7) is 0. The molecule has 0 fully saturated rings. The molecule has 0 aromatic heterocycles. The maximum Gasteiger partial charge on any atom is 0.127 e. The number of rotatable bonds is 3. The lowest BCUT2D eigenvalue weighted by atomic mass is 9.77. The molecule has 5 rings (SSSR count). The van der Waals surface area contributed by atoms with Crippen LogP contribution in [-0.2, 0) is 0 Å². The lowest BCUT2D eigenvalue weighted by molar-refractivity contribution is 0.422. The smallest absolute Gasteiger partial charge is 0.127 e. The quantitative estimate of drug-likeness (QED) is 0.450. The molecule has 140 valence electrons. The van der Waals surface area contributed by atoms with E-state index in [0.29, 0.717) is 21.9 Å². The summed E-state index contributed by atoms with van der Waals surface area (Å²) in [7, 11) is 0. The van der Waals surface area contributed by atoms with Gasteiger partial charge in [0.25, 0.3) is 0 Å². The van der Waals surface area contributed by atoms with Gasteiger partial charge in [0.15, 0.2) is 0 Å². The van der Waals surface area contributed by atoms with E-state index in [2.05, 4.69) is 29.6 Å². The van der Waals surface area contributed by atoms with Crippen LogP contribution in [0.3, 0.4) is 0 Å². The largest absolute Gasteiger partial charge is 0.457 e. The number of anilines is 1. The third-order valence-corrected chi connectivity index (χ3v) is 6.28. The average Bonchev–Trinajstić information content (AvgIpc) is 3.19. The van der Waals surface area contributed by atoms with E-state index in [1.807, 2.05) is 54.6 Å². The first kappa shape index (κ1) is 17.7. The lowest BCUT2D eigenvalue weighted by Crippen LogP contribution is -2.29. The number of benzene rings is 3. The molecule has 3 atom stereocenters. The third kappa shape index (κ3) is 3.07. The topological polar surface area (TPSA) is 21.3 Å². The van der Waals surface area contributed by atoms with Crippen LogP contribution < -0.4 is 10.1 Å². The van der Waals surface area contributed by atoms with Crippen molar-refractivity contribution in [2.45, 2.75) is 18.4 Å². The maximum absolute atomic E-state index is 6.53. The Morgan fingerprint density at radius 2 is 1.64 bits per heavy atom. The Balaban J connectivity index is 1.52. The molecule has 1 aliphatic carbocycles. The fraction of sp³-hybridized carbons (Fsp3) is 0.167. The summed E-state index contributed by atoms with van der Waals surface area (Å²) >= 11 is 13.1. The predicted molar refractivity (Wildman–Crippen MR) is 116 cm³/mol. The van der Waals surface area contributed by atoms with Crippen LogP contribution in [0.1, 0.15) is 29.5 Å². The molecule has 3 aromatic carbocycles. The average molecular weight is 408 g/mol. The normalized spacial score (nSPS) is 22.3. The van der Waals surface area contributed by atoms with Crippen LogP contribution in [0, 0.1) is 5.92 Å². The summed E-state index contributed by atoms with van der Waals surface area (Å²) in [5, 5.41) is 5.12. The highest BCUT2D eigenvalue weighted by molar-refractivity contribution is 6.36. The second kappa shape index (κ2) is 7.20. The summed E-state index contributed by atoms with van der Waals surface area (Å²) in [4.78, 5) is 0. The minimum Gasteiger partial charge on any atom is -0.457 e. The van der Waals surface area contributed by atoms with Crippen molar-refractivity contribution in [2.75, 3.05) is 5.32 Å². The van der Waals surface area contributed by atoms with Gasteiger partial charge in [0.2, 0.25) is 0 Å². The highest BCUT2D eigenvalue weighted by Crippen LogP contribution is 2.52. The number of para-hydroxylation sites is 1. The minimum absolute atomic E-state index is 0.0783. The first-order valence-electron chi connectivity index (χ1n) is 9.44. The zero-order chi connectivity index (χ0) is 19.1.